The predicted molar refractivity (Wildman–Crippen MR) is 81.8 cm³/mol. The van der Waals surface area contributed by atoms with Crippen LogP contribution in [0.25, 0.3) is 11.1 Å². The van der Waals surface area contributed by atoms with Crippen molar-refractivity contribution in [3.05, 3.63) is 41.1 Å². The first kappa shape index (κ1) is 17.7. The number of ether oxygens (including phenoxy) is 1. The second kappa shape index (κ2) is 6.48. The molecule has 9 heteroatoms. The second-order valence-corrected chi connectivity index (χ2v) is 7.49. The fourth-order valence-electron chi connectivity index (χ4n) is 1.81. The van der Waals surface area contributed by atoms with Crippen molar-refractivity contribution in [3.63, 3.8) is 0 Å². The summed E-state index contributed by atoms with van der Waals surface area (Å²) in [5.74, 6) is -0.442. The molecule has 23 heavy (non-hydrogen) atoms. The van der Waals surface area contributed by atoms with Crippen molar-refractivity contribution in [1.29, 1.82) is 0 Å². The third-order valence-electron chi connectivity index (χ3n) is 2.94. The van der Waals surface area contributed by atoms with E-state index in [-0.39, 0.29) is 21.0 Å². The summed E-state index contributed by atoms with van der Waals surface area (Å²) in [7, 11) is -3.47. The van der Waals surface area contributed by atoms with E-state index in [0.717, 1.165) is 12.1 Å². The molecule has 2 rings (SSSR count). The Labute approximate surface area is 139 Å². The van der Waals surface area contributed by atoms with Crippen molar-refractivity contribution >= 4 is 25.8 Å². The van der Waals surface area contributed by atoms with Crippen LogP contribution >= 0.6 is 15.9 Å². The lowest BCUT2D eigenvalue weighted by molar-refractivity contribution is -0.274. The van der Waals surface area contributed by atoms with Gasteiger partial charge in [-0.2, -0.15) is 0 Å². The maximum atomic E-state index is 12.1. The van der Waals surface area contributed by atoms with Crippen LogP contribution in [0.5, 0.6) is 5.75 Å². The number of hydrogen-bond donors (Lipinski definition) is 0. The number of halogens is 4. The Hall–Kier alpha value is -1.61. The summed E-state index contributed by atoms with van der Waals surface area (Å²) >= 11 is 3.09. The minimum atomic E-state index is -4.76. The Morgan fingerprint density at radius 2 is 1.78 bits per heavy atom. The molecular formula is C14H11BrF3NO3S. The smallest absolute Gasteiger partial charge is 0.406 e. The van der Waals surface area contributed by atoms with Gasteiger partial charge in [0.1, 0.15) is 15.2 Å². The fourth-order valence-corrected chi connectivity index (χ4v) is 3.69. The van der Waals surface area contributed by atoms with E-state index >= 15 is 0 Å². The van der Waals surface area contributed by atoms with Crippen molar-refractivity contribution in [3.8, 4) is 16.9 Å². The summed E-state index contributed by atoms with van der Waals surface area (Å²) in [5.41, 5.74) is 0.992. The van der Waals surface area contributed by atoms with Crippen LogP contribution in [0.3, 0.4) is 0 Å². The van der Waals surface area contributed by atoms with Gasteiger partial charge in [0.05, 0.1) is 5.75 Å². The number of alkyl halides is 3. The molecule has 0 aliphatic heterocycles. The molecule has 0 aliphatic rings. The first-order valence-corrected chi connectivity index (χ1v) is 8.81. The van der Waals surface area contributed by atoms with E-state index < -0.39 is 16.2 Å². The van der Waals surface area contributed by atoms with E-state index in [0.29, 0.717) is 11.1 Å². The maximum Gasteiger partial charge on any atom is 0.573 e. The number of hydrogen-bond acceptors (Lipinski definition) is 4. The van der Waals surface area contributed by atoms with Gasteiger partial charge in [-0.15, -0.1) is 13.2 Å². The Morgan fingerprint density at radius 1 is 1.17 bits per heavy atom. The Morgan fingerprint density at radius 3 is 2.30 bits per heavy atom. The number of sulfone groups is 1. The first-order chi connectivity index (χ1) is 10.6. The van der Waals surface area contributed by atoms with Gasteiger partial charge < -0.3 is 4.74 Å². The Kier molecular flexibility index (Phi) is 5.00. The van der Waals surface area contributed by atoms with E-state index in [2.05, 4.69) is 25.7 Å². The largest absolute Gasteiger partial charge is 0.573 e. The van der Waals surface area contributed by atoms with Gasteiger partial charge in [-0.3, -0.25) is 0 Å². The van der Waals surface area contributed by atoms with Crippen LogP contribution in [-0.4, -0.2) is 25.5 Å². The molecule has 0 saturated heterocycles. The normalized spacial score (nSPS) is 12.2. The minimum Gasteiger partial charge on any atom is -0.406 e. The van der Waals surface area contributed by atoms with Gasteiger partial charge in [-0.25, -0.2) is 13.4 Å². The summed E-state index contributed by atoms with van der Waals surface area (Å²) in [6.45, 7) is 1.51. The van der Waals surface area contributed by atoms with Gasteiger partial charge >= 0.3 is 6.36 Å². The number of rotatable bonds is 4. The molecule has 0 fully saturated rings. The average Bonchev–Trinajstić information content (AvgIpc) is 2.47. The van der Waals surface area contributed by atoms with Crippen LogP contribution in [0.15, 0.2) is 46.0 Å². The van der Waals surface area contributed by atoms with Gasteiger partial charge in [0.25, 0.3) is 0 Å². The van der Waals surface area contributed by atoms with Crippen molar-refractivity contribution in [2.45, 2.75) is 18.2 Å². The number of benzene rings is 1. The molecule has 1 heterocycles. The Balaban J connectivity index is 2.38. The Bertz CT molecular complexity index is 805. The van der Waals surface area contributed by atoms with Gasteiger partial charge in [0.15, 0.2) is 9.84 Å². The van der Waals surface area contributed by atoms with Crippen molar-refractivity contribution in [2.24, 2.45) is 0 Å². The third kappa shape index (κ3) is 4.44. The van der Waals surface area contributed by atoms with Crippen molar-refractivity contribution in [1.82, 2.24) is 4.98 Å². The van der Waals surface area contributed by atoms with E-state index in [9.17, 15) is 21.6 Å². The van der Waals surface area contributed by atoms with E-state index in [1.165, 1.54) is 31.3 Å². The van der Waals surface area contributed by atoms with E-state index in [1.807, 2.05) is 0 Å². The molecule has 0 spiro atoms. The summed E-state index contributed by atoms with van der Waals surface area (Å²) < 4.78 is 64.4. The van der Waals surface area contributed by atoms with Crippen molar-refractivity contribution in [2.75, 3.05) is 5.75 Å². The molecule has 0 aliphatic carbocycles. The number of pyridine rings is 1. The molecule has 0 radical (unpaired) electrons. The van der Waals surface area contributed by atoms with Crippen LogP contribution in [-0.2, 0) is 9.84 Å². The molecule has 0 atom stereocenters. The summed E-state index contributed by atoms with van der Waals surface area (Å²) in [6.07, 6.45) is -3.33. The fraction of sp³-hybridized carbons (Fsp3) is 0.214. The molecule has 124 valence electrons. The van der Waals surface area contributed by atoms with Crippen molar-refractivity contribution < 1.29 is 26.3 Å². The molecule has 0 saturated carbocycles. The van der Waals surface area contributed by atoms with Gasteiger partial charge in [-0.1, -0.05) is 19.1 Å². The predicted octanol–water partition coefficient (Wildman–Crippen LogP) is 4.20. The molecule has 1 aromatic heterocycles. The molecule has 1 aromatic carbocycles. The quantitative estimate of drug-likeness (QED) is 0.709. The molecule has 0 N–H and O–H groups in total. The highest BCUT2D eigenvalue weighted by molar-refractivity contribution is 9.10. The molecule has 0 unspecified atom stereocenters. The summed E-state index contributed by atoms with van der Waals surface area (Å²) in [4.78, 5) is 4.01. The molecule has 2 aromatic rings. The number of nitrogens with zero attached hydrogens (tertiary/aromatic N) is 1. The molecule has 0 amide bonds. The summed E-state index contributed by atoms with van der Waals surface area (Å²) in [6, 6.07) is 6.52. The SMILES string of the molecule is CCS(=O)(=O)c1cc(-c2ccc(OC(F)(F)F)cc2)cnc1Br. The summed E-state index contributed by atoms with van der Waals surface area (Å²) in [5, 5.41) is 0. The average molecular weight is 410 g/mol. The monoisotopic (exact) mass is 409 g/mol. The topological polar surface area (TPSA) is 56.3 Å². The van der Waals surface area contributed by atoms with Crippen LogP contribution < -0.4 is 4.74 Å². The third-order valence-corrected chi connectivity index (χ3v) is 5.58. The van der Waals surface area contributed by atoms with Gasteiger partial charge in [0.2, 0.25) is 0 Å². The van der Waals surface area contributed by atoms with Crippen LogP contribution in [0.4, 0.5) is 13.2 Å². The van der Waals surface area contributed by atoms with Crippen LogP contribution in [0.2, 0.25) is 0 Å². The van der Waals surface area contributed by atoms with E-state index in [4.69, 9.17) is 0 Å². The molecular weight excluding hydrogens is 399 g/mol. The minimum absolute atomic E-state index is 0.0353. The second-order valence-electron chi connectivity index (χ2n) is 4.49. The highest BCUT2D eigenvalue weighted by Gasteiger charge is 2.31. The zero-order chi connectivity index (χ0) is 17.3. The zero-order valence-electron chi connectivity index (χ0n) is 11.8. The highest BCUT2D eigenvalue weighted by Crippen LogP contribution is 2.29. The zero-order valence-corrected chi connectivity index (χ0v) is 14.2. The molecule has 0 bridgehead atoms. The van der Waals surface area contributed by atoms with Gasteiger partial charge in [-0.05, 0) is 39.7 Å². The number of aromatic nitrogens is 1. The van der Waals surface area contributed by atoms with Crippen LogP contribution in [0.1, 0.15) is 6.92 Å². The lowest BCUT2D eigenvalue weighted by atomic mass is 10.1. The van der Waals surface area contributed by atoms with Crippen LogP contribution in [0, 0.1) is 0 Å². The highest BCUT2D eigenvalue weighted by atomic mass is 79.9. The molecule has 4 nitrogen and oxygen atoms in total. The maximum absolute atomic E-state index is 12.1. The van der Waals surface area contributed by atoms with Gasteiger partial charge in [0, 0.05) is 11.8 Å². The lowest BCUT2D eigenvalue weighted by Crippen LogP contribution is -2.16. The standard InChI is InChI=1S/C14H11BrF3NO3S/c1-2-23(20,21)12-7-10(8-19-13(12)15)9-3-5-11(6-4-9)22-14(16,17)18/h3-8H,2H2,1H3. The lowest BCUT2D eigenvalue weighted by Gasteiger charge is -2.10. The first-order valence-electron chi connectivity index (χ1n) is 6.37. The van der Waals surface area contributed by atoms with E-state index in [1.54, 1.807) is 0 Å².